The normalized spacial score (nSPS) is 16.4. The number of nitrogens with zero attached hydrogens (tertiary/aromatic N) is 3. The second-order valence-corrected chi connectivity index (χ2v) is 9.69. The molecule has 27 heavy (non-hydrogen) atoms. The van der Waals surface area contributed by atoms with Gasteiger partial charge in [-0.05, 0) is 24.3 Å². The first-order valence-electron chi connectivity index (χ1n) is 9.21. The lowest BCUT2D eigenvalue weighted by Crippen LogP contribution is -2.53. The van der Waals surface area contributed by atoms with E-state index in [0.29, 0.717) is 23.2 Å². The Kier molecular flexibility index (Phi) is 11.1. The average Bonchev–Trinajstić information content (AvgIpc) is 3.13. The van der Waals surface area contributed by atoms with Crippen LogP contribution in [0.2, 0.25) is 0 Å². The Morgan fingerprint density at radius 2 is 2.00 bits per heavy atom. The second kappa shape index (κ2) is 12.2. The largest absolute Gasteiger partial charge is 0.357 e. The van der Waals surface area contributed by atoms with E-state index in [-0.39, 0.29) is 24.0 Å². The maximum atomic E-state index is 12.1. The first kappa shape index (κ1) is 24.6. The molecule has 0 atom stereocenters. The molecule has 1 aliphatic heterocycles. The van der Waals surface area contributed by atoms with E-state index in [0.717, 1.165) is 45.2 Å². The molecule has 7 nitrogen and oxygen atoms in total. The molecular weight excluding hydrogens is 497 g/mol. The molecule has 0 aliphatic carbocycles. The van der Waals surface area contributed by atoms with Gasteiger partial charge in [0.15, 0.2) is 5.96 Å². The fourth-order valence-corrected chi connectivity index (χ4v) is 4.97. The highest BCUT2D eigenvalue weighted by atomic mass is 127. The highest BCUT2D eigenvalue weighted by molar-refractivity contribution is 14.0. The summed E-state index contributed by atoms with van der Waals surface area (Å²) in [6.45, 7) is 13.1. The van der Waals surface area contributed by atoms with E-state index in [2.05, 4.69) is 38.7 Å². The summed E-state index contributed by atoms with van der Waals surface area (Å²) in [6, 6.07) is 3.34. The third-order valence-electron chi connectivity index (χ3n) is 4.06. The van der Waals surface area contributed by atoms with Crippen molar-refractivity contribution < 1.29 is 8.42 Å². The minimum Gasteiger partial charge on any atom is -0.357 e. The maximum Gasteiger partial charge on any atom is 0.250 e. The quantitative estimate of drug-likeness (QED) is 0.233. The second-order valence-electron chi connectivity index (χ2n) is 6.75. The number of hydrogen-bond acceptors (Lipinski definition) is 5. The first-order valence-corrected chi connectivity index (χ1v) is 11.6. The number of hydrogen-bond donors (Lipinski definition) is 2. The van der Waals surface area contributed by atoms with Gasteiger partial charge < -0.3 is 10.2 Å². The standard InChI is InChI=1S/C17H31N5O2S2.HI/c1-4-18-17(22-11-9-21(10-12-22)14-15(2)3)19-7-8-20-26(23,24)16-6-5-13-25-16;/h5-6,13,15,20H,4,7-12,14H2,1-3H3,(H,18,19);1H. The molecule has 0 radical (unpaired) electrons. The lowest BCUT2D eigenvalue weighted by Gasteiger charge is -2.37. The van der Waals surface area contributed by atoms with Crippen LogP contribution in [-0.2, 0) is 10.0 Å². The molecule has 1 fully saturated rings. The van der Waals surface area contributed by atoms with Gasteiger partial charge in [0.05, 0.1) is 6.54 Å². The Bertz CT molecular complexity index is 657. The van der Waals surface area contributed by atoms with Crippen molar-refractivity contribution in [3.63, 3.8) is 0 Å². The lowest BCUT2D eigenvalue weighted by atomic mass is 10.2. The summed E-state index contributed by atoms with van der Waals surface area (Å²) >= 11 is 1.22. The molecule has 0 spiro atoms. The molecule has 2 heterocycles. The van der Waals surface area contributed by atoms with Crippen LogP contribution in [0.1, 0.15) is 20.8 Å². The number of piperazine rings is 1. The van der Waals surface area contributed by atoms with Gasteiger partial charge in [0.25, 0.3) is 0 Å². The van der Waals surface area contributed by atoms with Gasteiger partial charge in [0, 0.05) is 45.8 Å². The number of guanidine groups is 1. The SMILES string of the molecule is CCNC(=NCCNS(=O)(=O)c1cccs1)N1CCN(CC(C)C)CC1.I. The summed E-state index contributed by atoms with van der Waals surface area (Å²) in [5, 5.41) is 5.07. The number of aliphatic imine (C=N–C) groups is 1. The molecule has 0 amide bonds. The molecular formula is C17H32IN5O2S2. The monoisotopic (exact) mass is 529 g/mol. The maximum absolute atomic E-state index is 12.1. The van der Waals surface area contributed by atoms with Crippen molar-refractivity contribution in [2.24, 2.45) is 10.9 Å². The molecule has 0 bridgehead atoms. The van der Waals surface area contributed by atoms with Crippen molar-refractivity contribution in [3.05, 3.63) is 17.5 Å². The van der Waals surface area contributed by atoms with Crippen LogP contribution in [0, 0.1) is 5.92 Å². The van der Waals surface area contributed by atoms with Crippen molar-refractivity contribution >= 4 is 51.3 Å². The Morgan fingerprint density at radius 1 is 1.30 bits per heavy atom. The highest BCUT2D eigenvalue weighted by Gasteiger charge is 2.20. The molecule has 1 saturated heterocycles. The molecule has 2 N–H and O–H groups in total. The first-order chi connectivity index (χ1) is 12.4. The van der Waals surface area contributed by atoms with Crippen LogP contribution in [0.5, 0.6) is 0 Å². The summed E-state index contributed by atoms with van der Waals surface area (Å²) in [4.78, 5) is 9.34. The molecule has 0 saturated carbocycles. The van der Waals surface area contributed by atoms with Gasteiger partial charge in [-0.25, -0.2) is 13.1 Å². The van der Waals surface area contributed by atoms with Crippen LogP contribution in [0.4, 0.5) is 0 Å². The smallest absolute Gasteiger partial charge is 0.250 e. The van der Waals surface area contributed by atoms with Crippen molar-refractivity contribution in [1.29, 1.82) is 0 Å². The van der Waals surface area contributed by atoms with Gasteiger partial charge >= 0.3 is 0 Å². The van der Waals surface area contributed by atoms with Crippen LogP contribution < -0.4 is 10.0 Å². The van der Waals surface area contributed by atoms with Gasteiger partial charge in [-0.15, -0.1) is 35.3 Å². The molecule has 0 aromatic carbocycles. The minimum absolute atomic E-state index is 0. The fourth-order valence-electron chi connectivity index (χ4n) is 2.91. The van der Waals surface area contributed by atoms with Crippen molar-refractivity contribution in [1.82, 2.24) is 19.8 Å². The third-order valence-corrected chi connectivity index (χ3v) is 6.91. The van der Waals surface area contributed by atoms with E-state index in [9.17, 15) is 8.42 Å². The van der Waals surface area contributed by atoms with E-state index < -0.39 is 10.0 Å². The van der Waals surface area contributed by atoms with E-state index in [1.807, 2.05) is 6.92 Å². The fraction of sp³-hybridized carbons (Fsp3) is 0.706. The number of rotatable bonds is 8. The molecule has 1 aliphatic rings. The Morgan fingerprint density at radius 3 is 2.56 bits per heavy atom. The van der Waals surface area contributed by atoms with Crippen molar-refractivity contribution in [2.75, 3.05) is 52.4 Å². The summed E-state index contributed by atoms with van der Waals surface area (Å²) in [5.74, 6) is 1.55. The number of thiophene rings is 1. The van der Waals surface area contributed by atoms with Gasteiger partial charge in [0.2, 0.25) is 10.0 Å². The minimum atomic E-state index is -3.41. The summed E-state index contributed by atoms with van der Waals surface area (Å²) < 4.78 is 27.2. The third kappa shape index (κ3) is 8.22. The van der Waals surface area contributed by atoms with E-state index in [1.54, 1.807) is 17.5 Å². The summed E-state index contributed by atoms with van der Waals surface area (Å²) in [7, 11) is -3.41. The van der Waals surface area contributed by atoms with Gasteiger partial charge in [-0.2, -0.15) is 0 Å². The van der Waals surface area contributed by atoms with Crippen LogP contribution >= 0.6 is 35.3 Å². The zero-order valence-corrected chi connectivity index (χ0v) is 20.3. The molecule has 1 aromatic rings. The van der Waals surface area contributed by atoms with Crippen LogP contribution in [0.15, 0.2) is 26.7 Å². The number of nitrogens with one attached hydrogen (secondary N) is 2. The zero-order chi connectivity index (χ0) is 19.0. The summed E-state index contributed by atoms with van der Waals surface area (Å²) in [5.41, 5.74) is 0. The zero-order valence-electron chi connectivity index (χ0n) is 16.3. The van der Waals surface area contributed by atoms with Crippen molar-refractivity contribution in [3.8, 4) is 0 Å². The van der Waals surface area contributed by atoms with Crippen LogP contribution in [0.25, 0.3) is 0 Å². The average molecular weight is 530 g/mol. The van der Waals surface area contributed by atoms with Gasteiger partial charge in [-0.3, -0.25) is 9.89 Å². The molecule has 156 valence electrons. The number of halogens is 1. The van der Waals surface area contributed by atoms with E-state index in [4.69, 9.17) is 0 Å². The Hall–Kier alpha value is -0.430. The van der Waals surface area contributed by atoms with Gasteiger partial charge in [0.1, 0.15) is 4.21 Å². The predicted octanol–water partition coefficient (Wildman–Crippen LogP) is 1.88. The van der Waals surface area contributed by atoms with Crippen molar-refractivity contribution in [2.45, 2.75) is 25.0 Å². The Labute approximate surface area is 184 Å². The number of sulfonamides is 1. The predicted molar refractivity (Wildman–Crippen MR) is 124 cm³/mol. The van der Waals surface area contributed by atoms with Crippen LogP contribution in [-0.4, -0.2) is 76.5 Å². The highest BCUT2D eigenvalue weighted by Crippen LogP contribution is 2.14. The molecule has 1 aromatic heterocycles. The molecule has 0 unspecified atom stereocenters. The lowest BCUT2D eigenvalue weighted by molar-refractivity contribution is 0.164. The summed E-state index contributed by atoms with van der Waals surface area (Å²) in [6.07, 6.45) is 0. The molecule has 10 heteroatoms. The van der Waals surface area contributed by atoms with E-state index in [1.165, 1.54) is 11.3 Å². The Balaban J connectivity index is 0.00000364. The van der Waals surface area contributed by atoms with E-state index >= 15 is 0 Å². The van der Waals surface area contributed by atoms with Gasteiger partial charge in [-0.1, -0.05) is 19.9 Å². The topological polar surface area (TPSA) is 77.0 Å². The van der Waals surface area contributed by atoms with Crippen LogP contribution in [0.3, 0.4) is 0 Å². The molecule has 2 rings (SSSR count).